The molecule has 10 nitrogen and oxygen atoms in total. The van der Waals surface area contributed by atoms with Crippen LogP contribution in [0.2, 0.25) is 0 Å². The van der Waals surface area contributed by atoms with Gasteiger partial charge in [-0.2, -0.15) is 0 Å². The monoisotopic (exact) mass is 544 g/mol. The van der Waals surface area contributed by atoms with Crippen LogP contribution in [0.1, 0.15) is 95.9 Å². The average molecular weight is 545 g/mol. The van der Waals surface area contributed by atoms with Crippen molar-refractivity contribution in [2.75, 3.05) is 19.6 Å². The second kappa shape index (κ2) is 13.1. The van der Waals surface area contributed by atoms with E-state index in [9.17, 15) is 19.5 Å². The molecule has 0 saturated carbocycles. The van der Waals surface area contributed by atoms with Gasteiger partial charge in [0.25, 0.3) is 0 Å². The Kier molecular flexibility index (Phi) is 11.8. The van der Waals surface area contributed by atoms with E-state index in [1.807, 2.05) is 20.8 Å². The second-order valence-corrected chi connectivity index (χ2v) is 13.9. The number of hydrogen-bond acceptors (Lipinski definition) is 10. The number of aliphatic hydroxyl groups is 1. The molecule has 10 heteroatoms. The first-order valence-electron chi connectivity index (χ1n) is 13.5. The summed E-state index contributed by atoms with van der Waals surface area (Å²) < 4.78 is 22.5. The van der Waals surface area contributed by atoms with Crippen LogP contribution in [0.3, 0.4) is 0 Å². The van der Waals surface area contributed by atoms with E-state index >= 15 is 0 Å². The molecule has 38 heavy (non-hydrogen) atoms. The van der Waals surface area contributed by atoms with Crippen molar-refractivity contribution in [3.05, 3.63) is 0 Å². The predicted molar refractivity (Wildman–Crippen MR) is 145 cm³/mol. The number of esters is 3. The van der Waals surface area contributed by atoms with Gasteiger partial charge in [0.05, 0.1) is 11.7 Å². The maximum Gasteiger partial charge on any atom is 0.335 e. The number of β-amino-alcohol motifs (C(OH)–C–C–N with tert-alkyl or cyclic N) is 1. The Labute approximate surface area is 229 Å². The minimum absolute atomic E-state index is 0.0782. The Morgan fingerprint density at radius 1 is 0.816 bits per heavy atom. The van der Waals surface area contributed by atoms with E-state index in [4.69, 9.17) is 18.9 Å². The van der Waals surface area contributed by atoms with E-state index in [2.05, 4.69) is 5.32 Å². The zero-order chi connectivity index (χ0) is 29.7. The van der Waals surface area contributed by atoms with Gasteiger partial charge in [0.1, 0.15) is 28.9 Å². The first-order valence-corrected chi connectivity index (χ1v) is 13.5. The maximum atomic E-state index is 13.0. The molecular formula is C28H52N2O8. The zero-order valence-corrected chi connectivity index (χ0v) is 25.6. The molecule has 1 saturated heterocycles. The lowest BCUT2D eigenvalue weighted by atomic mass is 10.00. The third kappa shape index (κ3) is 13.4. The first-order chi connectivity index (χ1) is 17.0. The third-order valence-corrected chi connectivity index (χ3v) is 5.21. The highest BCUT2D eigenvalue weighted by atomic mass is 16.6. The number of likely N-dealkylation sites (tertiary alicyclic amines) is 1. The fourth-order valence-corrected chi connectivity index (χ4v) is 3.77. The molecule has 1 heterocycles. The average Bonchev–Trinajstić information content (AvgIpc) is 2.61. The Balaban J connectivity index is 2.95. The van der Waals surface area contributed by atoms with Gasteiger partial charge in [0, 0.05) is 13.1 Å². The number of aliphatic hydroxyl groups excluding tert-OH is 1. The van der Waals surface area contributed by atoms with Crippen LogP contribution in [0.25, 0.3) is 0 Å². The van der Waals surface area contributed by atoms with Crippen LogP contribution in [-0.4, -0.2) is 94.2 Å². The summed E-state index contributed by atoms with van der Waals surface area (Å²) in [5.41, 5.74) is -2.65. The van der Waals surface area contributed by atoms with Crippen molar-refractivity contribution in [2.24, 2.45) is 0 Å². The number of nitrogens with one attached hydrogen (secondary N) is 1. The molecule has 0 aliphatic carbocycles. The molecule has 1 fully saturated rings. The van der Waals surface area contributed by atoms with Gasteiger partial charge in [-0.25, -0.2) is 4.79 Å². The van der Waals surface area contributed by atoms with Crippen molar-refractivity contribution in [2.45, 2.75) is 143 Å². The fraction of sp³-hybridized carbons (Fsp3) is 0.893. The van der Waals surface area contributed by atoms with Crippen LogP contribution in [0.15, 0.2) is 0 Å². The zero-order valence-electron chi connectivity index (χ0n) is 25.6. The topological polar surface area (TPSA) is 124 Å². The van der Waals surface area contributed by atoms with E-state index in [0.717, 1.165) is 0 Å². The summed E-state index contributed by atoms with van der Waals surface area (Å²) in [6.07, 6.45) is -1.21. The fourth-order valence-electron chi connectivity index (χ4n) is 3.77. The molecule has 2 N–H and O–H groups in total. The smallest absolute Gasteiger partial charge is 0.335 e. The maximum absolute atomic E-state index is 13.0. The number of nitrogens with zero attached hydrogens (tertiary/aromatic N) is 1. The first kappa shape index (κ1) is 34.3. The number of carbonyl (C=O) groups is 3. The minimum Gasteiger partial charge on any atom is -0.459 e. The Hall–Kier alpha value is -1.75. The van der Waals surface area contributed by atoms with Crippen LogP contribution in [0.4, 0.5) is 0 Å². The third-order valence-electron chi connectivity index (χ3n) is 5.21. The summed E-state index contributed by atoms with van der Waals surface area (Å²) >= 11 is 0. The summed E-state index contributed by atoms with van der Waals surface area (Å²) in [7, 11) is 0. The largest absolute Gasteiger partial charge is 0.459 e. The molecule has 0 aromatic rings. The normalized spacial score (nSPS) is 19.7. The summed E-state index contributed by atoms with van der Waals surface area (Å²) in [5, 5.41) is 14.1. The molecule has 0 amide bonds. The molecular weight excluding hydrogens is 492 g/mol. The van der Waals surface area contributed by atoms with Crippen LogP contribution in [0, 0.1) is 0 Å². The number of ether oxygens (including phenoxy) is 4. The number of carbonyl (C=O) groups excluding carboxylic acids is 3. The summed E-state index contributed by atoms with van der Waals surface area (Å²) in [6.45, 7) is 22.4. The van der Waals surface area contributed by atoms with Gasteiger partial charge in [-0.15, -0.1) is 0 Å². The molecule has 1 unspecified atom stereocenters. The summed E-state index contributed by atoms with van der Waals surface area (Å²) in [6, 6.07) is -1.55. The lowest BCUT2D eigenvalue weighted by Gasteiger charge is -2.42. The Morgan fingerprint density at radius 3 is 1.74 bits per heavy atom. The van der Waals surface area contributed by atoms with Crippen molar-refractivity contribution in [1.82, 2.24) is 10.2 Å². The lowest BCUT2D eigenvalue weighted by Crippen LogP contribution is -2.60. The Morgan fingerprint density at radius 2 is 1.32 bits per heavy atom. The summed E-state index contributed by atoms with van der Waals surface area (Å²) in [4.78, 5) is 40.2. The van der Waals surface area contributed by atoms with Crippen LogP contribution >= 0.6 is 0 Å². The van der Waals surface area contributed by atoms with Crippen LogP contribution in [-0.2, 0) is 33.3 Å². The molecule has 4 atom stereocenters. The van der Waals surface area contributed by atoms with Crippen molar-refractivity contribution in [1.29, 1.82) is 0 Å². The summed E-state index contributed by atoms with van der Waals surface area (Å²) in [5.74, 6) is -1.47. The van der Waals surface area contributed by atoms with Gasteiger partial charge < -0.3 is 29.4 Å². The molecule has 1 rings (SSSR count). The molecule has 0 bridgehead atoms. The van der Waals surface area contributed by atoms with Gasteiger partial charge in [0.2, 0.25) is 0 Å². The van der Waals surface area contributed by atoms with Crippen LogP contribution in [0.5, 0.6) is 0 Å². The second-order valence-electron chi connectivity index (χ2n) is 13.9. The van der Waals surface area contributed by atoms with Crippen molar-refractivity contribution in [3.63, 3.8) is 0 Å². The van der Waals surface area contributed by atoms with E-state index in [0.29, 0.717) is 13.0 Å². The van der Waals surface area contributed by atoms with E-state index < -0.39 is 58.6 Å². The van der Waals surface area contributed by atoms with E-state index in [-0.39, 0.29) is 25.5 Å². The van der Waals surface area contributed by atoms with E-state index in [1.165, 1.54) is 0 Å². The highest BCUT2D eigenvalue weighted by molar-refractivity contribution is 5.78. The van der Waals surface area contributed by atoms with Crippen molar-refractivity contribution in [3.8, 4) is 0 Å². The highest BCUT2D eigenvalue weighted by Gasteiger charge is 2.41. The van der Waals surface area contributed by atoms with E-state index in [1.54, 1.807) is 67.2 Å². The minimum atomic E-state index is -1.17. The molecule has 0 radical (unpaired) electrons. The molecule has 0 aromatic heterocycles. The van der Waals surface area contributed by atoms with Gasteiger partial charge in [-0.05, 0) is 102 Å². The molecule has 0 aromatic carbocycles. The van der Waals surface area contributed by atoms with Crippen molar-refractivity contribution < 1.29 is 38.4 Å². The van der Waals surface area contributed by atoms with Gasteiger partial charge in [-0.1, -0.05) is 0 Å². The number of hydrogen-bond donors (Lipinski definition) is 2. The standard InChI is InChI=1S/C28H52N2O8/c1-25(2,3)35-20(23(33)37-27(7,8)9)13-15-29-21(24(34)38-28(10,11)12)19(31)17-30-16-14-18(30)22(32)36-26(4,5)6/h18-21,29,31H,13-17H2,1-12H3/t18-,19?,20-,21-/m0/s1. The van der Waals surface area contributed by atoms with Gasteiger partial charge in [-0.3, -0.25) is 14.5 Å². The molecule has 222 valence electrons. The molecule has 0 spiro atoms. The molecule has 1 aliphatic rings. The predicted octanol–water partition coefficient (Wildman–Crippen LogP) is 2.98. The number of rotatable bonds is 11. The quantitative estimate of drug-likeness (QED) is 0.296. The molecule has 1 aliphatic heterocycles. The SMILES string of the molecule is CC(C)(C)OC(=O)[C@H](CCN[C@H](C(=O)OC(C)(C)C)C(O)CN1CC[C@H]1C(=O)OC(C)(C)C)OC(C)(C)C. The highest BCUT2D eigenvalue weighted by Crippen LogP contribution is 2.23. The van der Waals surface area contributed by atoms with Crippen LogP contribution < -0.4 is 5.32 Å². The lowest BCUT2D eigenvalue weighted by molar-refractivity contribution is -0.177. The van der Waals surface area contributed by atoms with Gasteiger partial charge >= 0.3 is 17.9 Å². The van der Waals surface area contributed by atoms with Gasteiger partial charge in [0.15, 0.2) is 6.10 Å². The Bertz CT molecular complexity index is 802. The van der Waals surface area contributed by atoms with Crippen molar-refractivity contribution >= 4 is 17.9 Å².